The minimum atomic E-state index is -0.127. The van der Waals surface area contributed by atoms with Gasteiger partial charge in [0.15, 0.2) is 10.6 Å². The molecule has 0 spiro atoms. The zero-order valence-corrected chi connectivity index (χ0v) is 17.9. The molecule has 3 rings (SSSR count). The van der Waals surface area contributed by atoms with E-state index in [1.807, 2.05) is 61.5 Å². The van der Waals surface area contributed by atoms with Crippen molar-refractivity contribution < 1.29 is 14.3 Å². The van der Waals surface area contributed by atoms with Crippen LogP contribution >= 0.6 is 12.2 Å². The molecule has 1 amide bonds. The van der Waals surface area contributed by atoms with Crippen LogP contribution in [0, 0.1) is 4.77 Å². The van der Waals surface area contributed by atoms with Gasteiger partial charge in [-0.15, -0.1) is 0 Å². The van der Waals surface area contributed by atoms with Gasteiger partial charge in [-0.25, -0.2) is 0 Å². The van der Waals surface area contributed by atoms with Crippen molar-refractivity contribution in [1.82, 2.24) is 20.1 Å². The molecule has 0 saturated heterocycles. The summed E-state index contributed by atoms with van der Waals surface area (Å²) in [7, 11) is 1.61. The van der Waals surface area contributed by atoms with Crippen LogP contribution in [0.4, 0.5) is 0 Å². The van der Waals surface area contributed by atoms with Gasteiger partial charge < -0.3 is 14.8 Å². The zero-order chi connectivity index (χ0) is 21.3. The van der Waals surface area contributed by atoms with Gasteiger partial charge in [0.25, 0.3) is 0 Å². The van der Waals surface area contributed by atoms with E-state index in [1.54, 1.807) is 11.7 Å². The van der Waals surface area contributed by atoms with E-state index in [0.29, 0.717) is 23.7 Å². The predicted octanol–water partition coefficient (Wildman–Crippen LogP) is 3.90. The topological polar surface area (TPSA) is 81.2 Å². The number of aromatic nitrogens is 3. The Morgan fingerprint density at radius 2 is 1.93 bits per heavy atom. The van der Waals surface area contributed by atoms with E-state index in [4.69, 9.17) is 21.7 Å². The number of rotatable bonds is 10. The molecule has 0 radical (unpaired) electrons. The smallest absolute Gasteiger partial charge is 0.240 e. The number of nitrogens with zero attached hydrogens (tertiary/aromatic N) is 2. The zero-order valence-electron chi connectivity index (χ0n) is 17.1. The highest BCUT2D eigenvalue weighted by molar-refractivity contribution is 7.71. The van der Waals surface area contributed by atoms with Gasteiger partial charge in [0, 0.05) is 18.7 Å². The summed E-state index contributed by atoms with van der Waals surface area (Å²) in [5, 5.41) is 9.93. The lowest BCUT2D eigenvalue weighted by Gasteiger charge is -2.13. The molecule has 1 heterocycles. The molecular formula is C22H26N4O3S. The molecule has 2 aromatic carbocycles. The molecule has 1 aromatic heterocycles. The number of carbonyl (C=O) groups excluding carboxylic acids is 1. The fourth-order valence-electron chi connectivity index (χ4n) is 3.00. The number of carbonyl (C=O) groups is 1. The van der Waals surface area contributed by atoms with Crippen molar-refractivity contribution in [2.75, 3.05) is 20.3 Å². The van der Waals surface area contributed by atoms with Crippen molar-refractivity contribution in [1.29, 1.82) is 0 Å². The van der Waals surface area contributed by atoms with Crippen LogP contribution in [0.3, 0.4) is 0 Å². The number of aromatic amines is 1. The fourth-order valence-corrected chi connectivity index (χ4v) is 3.20. The second kappa shape index (κ2) is 10.7. The Labute approximate surface area is 181 Å². The SMILES string of the molecule is COc1ccc(-c2n[nH]c(=S)n2CC(=O)NCCCO[C@@H](C)c2ccccc2)cc1. The lowest BCUT2D eigenvalue weighted by molar-refractivity contribution is -0.121. The summed E-state index contributed by atoms with van der Waals surface area (Å²) < 4.78 is 13.1. The highest BCUT2D eigenvalue weighted by atomic mass is 32.1. The van der Waals surface area contributed by atoms with Crippen molar-refractivity contribution in [3.8, 4) is 17.1 Å². The average molecular weight is 427 g/mol. The van der Waals surface area contributed by atoms with Crippen LogP contribution in [0.1, 0.15) is 25.0 Å². The van der Waals surface area contributed by atoms with Crippen LogP contribution in [0.25, 0.3) is 11.4 Å². The molecular weight excluding hydrogens is 400 g/mol. The Bertz CT molecular complexity index is 999. The molecule has 0 unspecified atom stereocenters. The summed E-state index contributed by atoms with van der Waals surface area (Å²) in [5.41, 5.74) is 1.99. The number of hydrogen-bond acceptors (Lipinski definition) is 5. The van der Waals surface area contributed by atoms with Crippen LogP contribution in [0.15, 0.2) is 54.6 Å². The van der Waals surface area contributed by atoms with Gasteiger partial charge in [0.05, 0.1) is 13.2 Å². The van der Waals surface area contributed by atoms with Crippen molar-refractivity contribution in [2.45, 2.75) is 26.0 Å². The van der Waals surface area contributed by atoms with Crippen LogP contribution in [-0.4, -0.2) is 40.9 Å². The van der Waals surface area contributed by atoms with Crippen molar-refractivity contribution in [3.63, 3.8) is 0 Å². The molecule has 0 aliphatic rings. The Morgan fingerprint density at radius 3 is 2.63 bits per heavy atom. The standard InChI is InChI=1S/C22H26N4O3S/c1-16(17-7-4-3-5-8-17)29-14-6-13-23-20(27)15-26-21(24-25-22(26)30)18-9-11-19(28-2)12-10-18/h3-5,7-12,16H,6,13-15H2,1-2H3,(H,23,27)(H,25,30)/t16-/m0/s1. The molecule has 30 heavy (non-hydrogen) atoms. The third kappa shape index (κ3) is 5.77. The molecule has 158 valence electrons. The first-order chi connectivity index (χ1) is 14.6. The number of ether oxygens (including phenoxy) is 2. The van der Waals surface area contributed by atoms with E-state index in [-0.39, 0.29) is 18.6 Å². The summed E-state index contributed by atoms with van der Waals surface area (Å²) in [6, 6.07) is 17.5. The first-order valence-corrected chi connectivity index (χ1v) is 10.2. The number of benzene rings is 2. The number of H-pyrrole nitrogens is 1. The van der Waals surface area contributed by atoms with Gasteiger partial charge in [-0.3, -0.25) is 14.5 Å². The van der Waals surface area contributed by atoms with Crippen molar-refractivity contribution in [2.24, 2.45) is 0 Å². The first-order valence-electron chi connectivity index (χ1n) is 9.81. The van der Waals surface area contributed by atoms with Crippen LogP contribution in [-0.2, 0) is 16.1 Å². The van der Waals surface area contributed by atoms with Gasteiger partial charge in [0.1, 0.15) is 12.3 Å². The molecule has 1 atom stereocenters. The molecule has 0 saturated carbocycles. The van der Waals surface area contributed by atoms with Crippen molar-refractivity contribution >= 4 is 18.1 Å². The lowest BCUT2D eigenvalue weighted by Crippen LogP contribution is -2.29. The predicted molar refractivity (Wildman–Crippen MR) is 118 cm³/mol. The number of methoxy groups -OCH3 is 1. The molecule has 7 nitrogen and oxygen atoms in total. The van der Waals surface area contributed by atoms with Gasteiger partial charge in [-0.05, 0) is 55.4 Å². The second-order valence-electron chi connectivity index (χ2n) is 6.79. The summed E-state index contributed by atoms with van der Waals surface area (Å²) in [4.78, 5) is 12.4. The minimum Gasteiger partial charge on any atom is -0.497 e. The summed E-state index contributed by atoms with van der Waals surface area (Å²) in [6.45, 7) is 3.22. The van der Waals surface area contributed by atoms with Gasteiger partial charge in [-0.1, -0.05) is 30.3 Å². The van der Waals surface area contributed by atoms with E-state index in [2.05, 4.69) is 15.5 Å². The van der Waals surface area contributed by atoms with Crippen LogP contribution < -0.4 is 10.1 Å². The van der Waals surface area contributed by atoms with Crippen molar-refractivity contribution in [3.05, 3.63) is 64.9 Å². The highest BCUT2D eigenvalue weighted by Gasteiger charge is 2.12. The van der Waals surface area contributed by atoms with E-state index in [9.17, 15) is 4.79 Å². The molecule has 0 aliphatic heterocycles. The van der Waals surface area contributed by atoms with Gasteiger partial charge >= 0.3 is 0 Å². The lowest BCUT2D eigenvalue weighted by atomic mass is 10.1. The molecule has 0 aliphatic carbocycles. The maximum Gasteiger partial charge on any atom is 0.240 e. The molecule has 0 bridgehead atoms. The Kier molecular flexibility index (Phi) is 7.75. The van der Waals surface area contributed by atoms with E-state index >= 15 is 0 Å². The Morgan fingerprint density at radius 1 is 1.20 bits per heavy atom. The number of nitrogens with one attached hydrogen (secondary N) is 2. The Hall–Kier alpha value is -2.97. The quantitative estimate of drug-likeness (QED) is 0.380. The maximum atomic E-state index is 12.4. The van der Waals surface area contributed by atoms with Crippen LogP contribution in [0.2, 0.25) is 0 Å². The monoisotopic (exact) mass is 426 g/mol. The molecule has 2 N–H and O–H groups in total. The first kappa shape index (κ1) is 21.7. The normalized spacial score (nSPS) is 11.8. The third-order valence-electron chi connectivity index (χ3n) is 4.69. The Balaban J connectivity index is 1.47. The van der Waals surface area contributed by atoms with Gasteiger partial charge in [0.2, 0.25) is 5.91 Å². The number of hydrogen-bond donors (Lipinski definition) is 2. The van der Waals surface area contributed by atoms with Gasteiger partial charge in [-0.2, -0.15) is 5.10 Å². The maximum absolute atomic E-state index is 12.4. The summed E-state index contributed by atoms with van der Waals surface area (Å²) in [5.74, 6) is 1.23. The largest absolute Gasteiger partial charge is 0.497 e. The number of amides is 1. The average Bonchev–Trinajstić information content (AvgIpc) is 3.14. The summed E-state index contributed by atoms with van der Waals surface area (Å²) in [6.07, 6.45) is 0.753. The molecule has 8 heteroatoms. The third-order valence-corrected chi connectivity index (χ3v) is 5.00. The van der Waals surface area contributed by atoms with E-state index < -0.39 is 0 Å². The van der Waals surface area contributed by atoms with E-state index in [0.717, 1.165) is 23.3 Å². The van der Waals surface area contributed by atoms with E-state index in [1.165, 1.54) is 0 Å². The molecule has 0 fully saturated rings. The highest BCUT2D eigenvalue weighted by Crippen LogP contribution is 2.21. The fraction of sp³-hybridized carbons (Fsp3) is 0.318. The minimum absolute atomic E-state index is 0.0261. The van der Waals surface area contributed by atoms with Crippen LogP contribution in [0.5, 0.6) is 5.75 Å². The summed E-state index contributed by atoms with van der Waals surface area (Å²) >= 11 is 5.29. The molecule has 3 aromatic rings. The second-order valence-corrected chi connectivity index (χ2v) is 7.18.